The van der Waals surface area contributed by atoms with E-state index < -0.39 is 0 Å². The van der Waals surface area contributed by atoms with Gasteiger partial charge in [-0.15, -0.1) is 0 Å². The van der Waals surface area contributed by atoms with Gasteiger partial charge in [-0.25, -0.2) is 9.97 Å². The SMILES string of the molecule is c1ccc(-c2ccc3nc(-c4cc5oc6cccc7c6c5c5c4ccc4ccc6cccc-7c6c45)ccc3n2)cc1. The molecule has 3 nitrogen and oxygen atoms in total. The lowest BCUT2D eigenvalue weighted by Gasteiger charge is -2.13. The van der Waals surface area contributed by atoms with Gasteiger partial charge in [-0.3, -0.25) is 0 Å². The molecule has 0 spiro atoms. The van der Waals surface area contributed by atoms with Crippen LogP contribution in [0.15, 0.2) is 126 Å². The average molecular weight is 521 g/mol. The number of aromatic nitrogens is 2. The molecule has 0 atom stereocenters. The van der Waals surface area contributed by atoms with Crippen LogP contribution in [0.3, 0.4) is 0 Å². The Morgan fingerprint density at radius 3 is 1.98 bits per heavy atom. The maximum absolute atomic E-state index is 6.59. The third-order valence-electron chi connectivity index (χ3n) is 8.76. The Hall–Kier alpha value is -5.54. The minimum atomic E-state index is 0.875. The fourth-order valence-corrected chi connectivity index (χ4v) is 6.99. The summed E-state index contributed by atoms with van der Waals surface area (Å²) in [5.74, 6) is 0. The van der Waals surface area contributed by atoms with Crippen molar-refractivity contribution in [3.05, 3.63) is 121 Å². The second-order valence-corrected chi connectivity index (χ2v) is 10.9. The molecule has 3 heteroatoms. The van der Waals surface area contributed by atoms with Crippen LogP contribution in [0.25, 0.3) is 98.9 Å². The van der Waals surface area contributed by atoms with E-state index in [1.807, 2.05) is 18.2 Å². The minimum absolute atomic E-state index is 0.875. The first-order chi connectivity index (χ1) is 20.3. The van der Waals surface area contributed by atoms with Crippen LogP contribution < -0.4 is 0 Å². The maximum Gasteiger partial charge on any atom is 0.136 e. The molecule has 188 valence electrons. The van der Waals surface area contributed by atoms with E-state index in [2.05, 4.69) is 103 Å². The van der Waals surface area contributed by atoms with Gasteiger partial charge >= 0.3 is 0 Å². The van der Waals surface area contributed by atoms with Gasteiger partial charge in [0.05, 0.1) is 22.4 Å². The molecule has 0 radical (unpaired) electrons. The molecular formula is C38H20N2O. The summed E-state index contributed by atoms with van der Waals surface area (Å²) in [6.45, 7) is 0. The molecule has 3 aromatic heterocycles. The lowest BCUT2D eigenvalue weighted by molar-refractivity contribution is 0.669. The Morgan fingerprint density at radius 2 is 1.12 bits per heavy atom. The predicted molar refractivity (Wildman–Crippen MR) is 169 cm³/mol. The van der Waals surface area contributed by atoms with Gasteiger partial charge in [0.2, 0.25) is 0 Å². The highest BCUT2D eigenvalue weighted by Crippen LogP contribution is 2.50. The molecule has 0 fully saturated rings. The highest BCUT2D eigenvalue weighted by atomic mass is 16.3. The Kier molecular flexibility index (Phi) is 3.93. The van der Waals surface area contributed by atoms with Crippen molar-refractivity contribution in [2.45, 2.75) is 0 Å². The van der Waals surface area contributed by atoms with Crippen LogP contribution in [0.2, 0.25) is 0 Å². The Balaban J connectivity index is 1.33. The molecule has 0 aliphatic heterocycles. The lowest BCUT2D eigenvalue weighted by Crippen LogP contribution is -1.91. The quantitative estimate of drug-likeness (QED) is 0.213. The topological polar surface area (TPSA) is 38.9 Å². The molecule has 0 N–H and O–H groups in total. The average Bonchev–Trinajstić information content (AvgIpc) is 3.35. The standard InChI is InChI=1S/C38H20N2O/c1-2-6-21(7-3-1)28-16-18-31-30(39-28)19-17-29(40-31)27-20-33-38-36-25(10-5-11-32(36)41-33)24-9-4-8-22-12-13-23-14-15-26(27)37(38)35(23)34(22)24/h1-20H. The van der Waals surface area contributed by atoms with Crippen LogP contribution in [0.4, 0.5) is 0 Å². The van der Waals surface area contributed by atoms with Crippen molar-refractivity contribution in [2.24, 2.45) is 0 Å². The molecule has 0 bridgehead atoms. The smallest absolute Gasteiger partial charge is 0.136 e. The molecule has 9 aromatic rings. The fourth-order valence-electron chi connectivity index (χ4n) is 6.99. The van der Waals surface area contributed by atoms with E-state index in [0.29, 0.717) is 0 Å². The van der Waals surface area contributed by atoms with E-state index in [1.54, 1.807) is 0 Å². The van der Waals surface area contributed by atoms with Gasteiger partial charge in [0.25, 0.3) is 0 Å². The van der Waals surface area contributed by atoms with E-state index >= 15 is 0 Å². The minimum Gasteiger partial charge on any atom is -0.456 e. The van der Waals surface area contributed by atoms with Gasteiger partial charge < -0.3 is 4.42 Å². The summed E-state index contributed by atoms with van der Waals surface area (Å²) < 4.78 is 6.59. The summed E-state index contributed by atoms with van der Waals surface area (Å²) in [5.41, 5.74) is 10.1. The highest BCUT2D eigenvalue weighted by molar-refractivity contribution is 6.38. The van der Waals surface area contributed by atoms with Crippen LogP contribution >= 0.6 is 0 Å². The zero-order valence-corrected chi connectivity index (χ0v) is 21.8. The number of pyridine rings is 2. The molecule has 1 aliphatic rings. The van der Waals surface area contributed by atoms with E-state index in [4.69, 9.17) is 14.4 Å². The molecule has 3 heterocycles. The van der Waals surface area contributed by atoms with Gasteiger partial charge in [-0.1, -0.05) is 84.9 Å². The first-order valence-electron chi connectivity index (χ1n) is 13.9. The van der Waals surface area contributed by atoms with E-state index in [1.165, 1.54) is 54.2 Å². The summed E-state index contributed by atoms with van der Waals surface area (Å²) in [6.07, 6.45) is 0. The number of furan rings is 1. The first-order valence-corrected chi connectivity index (χ1v) is 13.9. The summed E-state index contributed by atoms with van der Waals surface area (Å²) >= 11 is 0. The zero-order chi connectivity index (χ0) is 26.7. The Bertz CT molecular complexity index is 2580. The van der Waals surface area contributed by atoms with Gasteiger partial charge in [-0.05, 0) is 74.5 Å². The summed E-state index contributed by atoms with van der Waals surface area (Å²) in [6, 6.07) is 42.8. The molecular weight excluding hydrogens is 500 g/mol. The largest absolute Gasteiger partial charge is 0.456 e. The van der Waals surface area contributed by atoms with Gasteiger partial charge in [0.1, 0.15) is 11.2 Å². The molecule has 6 aromatic carbocycles. The van der Waals surface area contributed by atoms with Crippen molar-refractivity contribution in [3.63, 3.8) is 0 Å². The second-order valence-electron chi connectivity index (χ2n) is 10.9. The van der Waals surface area contributed by atoms with E-state index in [9.17, 15) is 0 Å². The molecule has 41 heavy (non-hydrogen) atoms. The van der Waals surface area contributed by atoms with Crippen molar-refractivity contribution in [3.8, 4) is 33.6 Å². The van der Waals surface area contributed by atoms with Crippen molar-refractivity contribution < 1.29 is 4.42 Å². The fraction of sp³-hybridized carbons (Fsp3) is 0. The summed E-state index contributed by atoms with van der Waals surface area (Å²) in [5, 5.41) is 9.91. The number of benzene rings is 6. The van der Waals surface area contributed by atoms with Crippen molar-refractivity contribution in [1.82, 2.24) is 9.97 Å². The van der Waals surface area contributed by atoms with E-state index in [-0.39, 0.29) is 0 Å². The van der Waals surface area contributed by atoms with E-state index in [0.717, 1.165) is 44.7 Å². The third kappa shape index (κ3) is 2.77. The van der Waals surface area contributed by atoms with Crippen LogP contribution in [0, 0.1) is 0 Å². The monoisotopic (exact) mass is 520 g/mol. The molecule has 0 amide bonds. The van der Waals surface area contributed by atoms with Crippen LogP contribution in [0.1, 0.15) is 0 Å². The maximum atomic E-state index is 6.59. The molecule has 10 rings (SSSR count). The Labute approximate surface area is 234 Å². The van der Waals surface area contributed by atoms with Crippen molar-refractivity contribution in [2.75, 3.05) is 0 Å². The number of fused-ring (bicyclic) bond motifs is 2. The number of rotatable bonds is 2. The van der Waals surface area contributed by atoms with Crippen molar-refractivity contribution in [1.29, 1.82) is 0 Å². The van der Waals surface area contributed by atoms with Gasteiger partial charge in [-0.2, -0.15) is 0 Å². The third-order valence-corrected chi connectivity index (χ3v) is 8.76. The first kappa shape index (κ1) is 21.3. The Morgan fingerprint density at radius 1 is 0.415 bits per heavy atom. The zero-order valence-electron chi connectivity index (χ0n) is 21.8. The molecule has 1 aliphatic carbocycles. The number of hydrogen-bond donors (Lipinski definition) is 0. The summed E-state index contributed by atoms with van der Waals surface area (Å²) in [4.78, 5) is 10.1. The van der Waals surface area contributed by atoms with Crippen molar-refractivity contribution >= 4 is 65.3 Å². The molecule has 0 saturated carbocycles. The normalized spacial score (nSPS) is 12.4. The second kappa shape index (κ2) is 7.56. The predicted octanol–water partition coefficient (Wildman–Crippen LogP) is 10.3. The number of hydrogen-bond acceptors (Lipinski definition) is 3. The highest BCUT2D eigenvalue weighted by Gasteiger charge is 2.24. The van der Waals surface area contributed by atoms with Gasteiger partial charge in [0.15, 0.2) is 0 Å². The van der Waals surface area contributed by atoms with Gasteiger partial charge in [0, 0.05) is 27.3 Å². The van der Waals surface area contributed by atoms with Crippen LogP contribution in [-0.2, 0) is 0 Å². The summed E-state index contributed by atoms with van der Waals surface area (Å²) in [7, 11) is 0. The van der Waals surface area contributed by atoms with Crippen LogP contribution in [0.5, 0.6) is 0 Å². The lowest BCUT2D eigenvalue weighted by atomic mass is 9.91. The molecule has 0 saturated heterocycles. The molecule has 0 unspecified atom stereocenters. The number of nitrogens with zero attached hydrogens (tertiary/aromatic N) is 2. The van der Waals surface area contributed by atoms with Crippen LogP contribution in [-0.4, -0.2) is 9.97 Å².